The van der Waals surface area contributed by atoms with Gasteiger partial charge >= 0.3 is 5.97 Å². The van der Waals surface area contributed by atoms with E-state index in [1.807, 2.05) is 37.3 Å². The molecule has 1 atom stereocenters. The van der Waals surface area contributed by atoms with Gasteiger partial charge in [0.2, 0.25) is 5.89 Å². The Morgan fingerprint density at radius 3 is 2.50 bits per heavy atom. The summed E-state index contributed by atoms with van der Waals surface area (Å²) in [6.07, 6.45) is 1.42. The standard InChI is InChI=1S/C18H23N3O3/c1-13(16-19-14(2)20-24-16)21-11-9-18(10-12-21,17(22)23-3)15-7-5-4-6-8-15/h4-8,13H,9-12H2,1-3H3/t13-/m1/s1. The van der Waals surface area contributed by atoms with Crippen molar-refractivity contribution in [2.45, 2.75) is 38.1 Å². The van der Waals surface area contributed by atoms with E-state index in [4.69, 9.17) is 9.26 Å². The first-order valence-corrected chi connectivity index (χ1v) is 8.25. The second-order valence-corrected chi connectivity index (χ2v) is 6.33. The van der Waals surface area contributed by atoms with Gasteiger partial charge in [0.15, 0.2) is 5.82 Å². The Labute approximate surface area is 141 Å². The van der Waals surface area contributed by atoms with E-state index in [0.29, 0.717) is 24.6 Å². The van der Waals surface area contributed by atoms with Crippen LogP contribution in [0.25, 0.3) is 0 Å². The van der Waals surface area contributed by atoms with Gasteiger partial charge in [-0.2, -0.15) is 4.98 Å². The van der Waals surface area contributed by atoms with Gasteiger partial charge in [-0.1, -0.05) is 35.5 Å². The van der Waals surface area contributed by atoms with Gasteiger partial charge in [-0.3, -0.25) is 9.69 Å². The second kappa shape index (κ2) is 6.73. The highest BCUT2D eigenvalue weighted by Gasteiger charge is 2.45. The lowest BCUT2D eigenvalue weighted by molar-refractivity contribution is -0.150. The molecule has 6 nitrogen and oxygen atoms in total. The molecule has 1 fully saturated rings. The number of aromatic nitrogens is 2. The first-order chi connectivity index (χ1) is 11.6. The predicted octanol–water partition coefficient (Wildman–Crippen LogP) is 2.65. The molecule has 0 bridgehead atoms. The smallest absolute Gasteiger partial charge is 0.316 e. The summed E-state index contributed by atoms with van der Waals surface area (Å²) in [5.41, 5.74) is 0.453. The fraction of sp³-hybridized carbons (Fsp3) is 0.500. The summed E-state index contributed by atoms with van der Waals surface area (Å²) in [6.45, 7) is 5.41. The molecule has 128 valence electrons. The predicted molar refractivity (Wildman–Crippen MR) is 88.4 cm³/mol. The van der Waals surface area contributed by atoms with Gasteiger partial charge in [0, 0.05) is 13.1 Å². The van der Waals surface area contributed by atoms with Crippen LogP contribution in [-0.2, 0) is 14.9 Å². The van der Waals surface area contributed by atoms with E-state index in [2.05, 4.69) is 22.0 Å². The Balaban J connectivity index is 1.79. The van der Waals surface area contributed by atoms with Crippen molar-refractivity contribution in [3.8, 4) is 0 Å². The summed E-state index contributed by atoms with van der Waals surface area (Å²) in [7, 11) is 1.46. The third kappa shape index (κ3) is 2.94. The number of aryl methyl sites for hydroxylation is 1. The molecule has 0 spiro atoms. The van der Waals surface area contributed by atoms with Gasteiger partial charge in [0.25, 0.3) is 0 Å². The number of benzene rings is 1. The van der Waals surface area contributed by atoms with Crippen LogP contribution in [0.4, 0.5) is 0 Å². The molecule has 2 heterocycles. The van der Waals surface area contributed by atoms with Crippen LogP contribution in [0, 0.1) is 6.92 Å². The molecular weight excluding hydrogens is 306 g/mol. The molecule has 2 aromatic rings. The van der Waals surface area contributed by atoms with Crippen molar-refractivity contribution in [2.75, 3.05) is 20.2 Å². The van der Waals surface area contributed by atoms with Crippen LogP contribution in [0.3, 0.4) is 0 Å². The van der Waals surface area contributed by atoms with Crippen molar-refractivity contribution < 1.29 is 14.1 Å². The first kappa shape index (κ1) is 16.6. The molecule has 0 saturated carbocycles. The fourth-order valence-electron chi connectivity index (χ4n) is 3.50. The average Bonchev–Trinajstić information content (AvgIpc) is 3.07. The van der Waals surface area contributed by atoms with Crippen molar-refractivity contribution in [2.24, 2.45) is 0 Å². The SMILES string of the molecule is COC(=O)C1(c2ccccc2)CCN([C@H](C)c2nc(C)no2)CC1. The molecule has 6 heteroatoms. The minimum atomic E-state index is -0.572. The van der Waals surface area contributed by atoms with E-state index < -0.39 is 5.41 Å². The topological polar surface area (TPSA) is 68.5 Å². The number of nitrogens with zero attached hydrogens (tertiary/aromatic N) is 3. The summed E-state index contributed by atoms with van der Waals surface area (Å²) in [6, 6.07) is 9.96. The number of methoxy groups -OCH3 is 1. The van der Waals surface area contributed by atoms with Crippen molar-refractivity contribution in [3.63, 3.8) is 0 Å². The molecular formula is C18H23N3O3. The fourth-order valence-corrected chi connectivity index (χ4v) is 3.50. The molecule has 0 N–H and O–H groups in total. The zero-order valence-corrected chi connectivity index (χ0v) is 14.4. The average molecular weight is 329 g/mol. The normalized spacial score (nSPS) is 19.0. The number of esters is 1. The summed E-state index contributed by atoms with van der Waals surface area (Å²) in [5, 5.41) is 3.86. The first-order valence-electron chi connectivity index (χ1n) is 8.25. The van der Waals surface area contributed by atoms with Crippen LogP contribution in [0.1, 0.15) is 43.1 Å². The molecule has 0 aliphatic carbocycles. The highest BCUT2D eigenvalue weighted by molar-refractivity contribution is 5.83. The molecule has 1 aromatic carbocycles. The highest BCUT2D eigenvalue weighted by Crippen LogP contribution is 2.38. The van der Waals surface area contributed by atoms with Gasteiger partial charge in [-0.15, -0.1) is 0 Å². The summed E-state index contributed by atoms with van der Waals surface area (Å²) in [4.78, 5) is 19.2. The van der Waals surface area contributed by atoms with Crippen LogP contribution < -0.4 is 0 Å². The van der Waals surface area contributed by atoms with Gasteiger partial charge < -0.3 is 9.26 Å². The van der Waals surface area contributed by atoms with Crippen molar-refractivity contribution in [3.05, 3.63) is 47.6 Å². The van der Waals surface area contributed by atoms with Crippen LogP contribution in [0.2, 0.25) is 0 Å². The number of piperidine rings is 1. The van der Waals surface area contributed by atoms with Crippen LogP contribution in [0.15, 0.2) is 34.9 Å². The lowest BCUT2D eigenvalue weighted by Gasteiger charge is -2.41. The third-order valence-electron chi connectivity index (χ3n) is 5.00. The summed E-state index contributed by atoms with van der Waals surface area (Å²) >= 11 is 0. The Bertz CT molecular complexity index is 691. The highest BCUT2D eigenvalue weighted by atomic mass is 16.5. The Morgan fingerprint density at radius 2 is 1.96 bits per heavy atom. The molecule has 1 aliphatic rings. The van der Waals surface area contributed by atoms with Gasteiger partial charge in [-0.25, -0.2) is 0 Å². The molecule has 0 unspecified atom stereocenters. The van der Waals surface area contributed by atoms with Crippen LogP contribution in [0.5, 0.6) is 0 Å². The number of hydrogen-bond acceptors (Lipinski definition) is 6. The number of hydrogen-bond donors (Lipinski definition) is 0. The number of likely N-dealkylation sites (tertiary alicyclic amines) is 1. The maximum atomic E-state index is 12.6. The van der Waals surface area contributed by atoms with E-state index in [0.717, 1.165) is 18.7 Å². The summed E-state index contributed by atoms with van der Waals surface area (Å²) in [5.74, 6) is 1.11. The zero-order valence-electron chi connectivity index (χ0n) is 14.4. The minimum Gasteiger partial charge on any atom is -0.468 e. The van der Waals surface area contributed by atoms with E-state index in [-0.39, 0.29) is 12.0 Å². The Kier molecular flexibility index (Phi) is 4.66. The molecule has 1 saturated heterocycles. The molecule has 24 heavy (non-hydrogen) atoms. The van der Waals surface area contributed by atoms with E-state index >= 15 is 0 Å². The van der Waals surface area contributed by atoms with E-state index in [9.17, 15) is 4.79 Å². The van der Waals surface area contributed by atoms with Gasteiger partial charge in [0.1, 0.15) is 0 Å². The minimum absolute atomic E-state index is 0.0395. The van der Waals surface area contributed by atoms with E-state index in [1.165, 1.54) is 7.11 Å². The van der Waals surface area contributed by atoms with E-state index in [1.54, 1.807) is 0 Å². The number of carbonyl (C=O) groups excluding carboxylic acids is 1. The molecule has 0 amide bonds. The Hall–Kier alpha value is -2.21. The largest absolute Gasteiger partial charge is 0.468 e. The lowest BCUT2D eigenvalue weighted by Crippen LogP contribution is -2.48. The van der Waals surface area contributed by atoms with Crippen molar-refractivity contribution in [1.82, 2.24) is 15.0 Å². The monoisotopic (exact) mass is 329 g/mol. The number of carbonyl (C=O) groups is 1. The van der Waals surface area contributed by atoms with Crippen LogP contribution in [-0.4, -0.2) is 41.2 Å². The third-order valence-corrected chi connectivity index (χ3v) is 5.00. The lowest BCUT2D eigenvalue weighted by atomic mass is 9.72. The molecule has 3 rings (SSSR count). The van der Waals surface area contributed by atoms with Crippen molar-refractivity contribution in [1.29, 1.82) is 0 Å². The quantitative estimate of drug-likeness (QED) is 0.803. The molecule has 0 radical (unpaired) electrons. The molecule has 1 aliphatic heterocycles. The van der Waals surface area contributed by atoms with Gasteiger partial charge in [0.05, 0.1) is 18.6 Å². The second-order valence-electron chi connectivity index (χ2n) is 6.33. The zero-order chi connectivity index (χ0) is 17.2. The molecule has 1 aromatic heterocycles. The van der Waals surface area contributed by atoms with Crippen molar-refractivity contribution >= 4 is 5.97 Å². The maximum Gasteiger partial charge on any atom is 0.316 e. The van der Waals surface area contributed by atoms with Crippen LogP contribution >= 0.6 is 0 Å². The maximum absolute atomic E-state index is 12.6. The Morgan fingerprint density at radius 1 is 1.29 bits per heavy atom. The number of rotatable bonds is 4. The van der Waals surface area contributed by atoms with Gasteiger partial charge in [-0.05, 0) is 32.3 Å². The summed E-state index contributed by atoms with van der Waals surface area (Å²) < 4.78 is 10.4. The number of ether oxygens (including phenoxy) is 1.